The van der Waals surface area contributed by atoms with E-state index in [4.69, 9.17) is 11.6 Å². The molecule has 0 heterocycles. The molecule has 0 fully saturated rings. The molecule has 1 nitrogen and oxygen atoms in total. The SMILES string of the molecule is CCCNC(CCSC)c1cccc(Cl)c1. The molecule has 0 aliphatic carbocycles. The lowest BCUT2D eigenvalue weighted by Gasteiger charge is -2.18. The number of nitrogens with one attached hydrogen (secondary N) is 1. The van der Waals surface area contributed by atoms with Gasteiger partial charge in [0.15, 0.2) is 0 Å². The van der Waals surface area contributed by atoms with Crippen molar-refractivity contribution in [1.29, 1.82) is 0 Å². The van der Waals surface area contributed by atoms with Crippen LogP contribution in [-0.4, -0.2) is 18.6 Å². The Morgan fingerprint density at radius 1 is 1.44 bits per heavy atom. The third-order valence-corrected chi connectivity index (χ3v) is 3.38. The van der Waals surface area contributed by atoms with Crippen molar-refractivity contribution >= 4 is 23.4 Å². The molecule has 0 saturated heterocycles. The third-order valence-electron chi connectivity index (χ3n) is 2.50. The fraction of sp³-hybridized carbons (Fsp3) is 0.538. The molecule has 0 aliphatic rings. The van der Waals surface area contributed by atoms with E-state index in [2.05, 4.69) is 30.6 Å². The lowest BCUT2D eigenvalue weighted by molar-refractivity contribution is 0.521. The van der Waals surface area contributed by atoms with Crippen LogP contribution in [0.2, 0.25) is 5.02 Å². The van der Waals surface area contributed by atoms with Gasteiger partial charge in [-0.2, -0.15) is 11.8 Å². The van der Waals surface area contributed by atoms with Crippen LogP contribution < -0.4 is 5.32 Å². The summed E-state index contributed by atoms with van der Waals surface area (Å²) in [6.45, 7) is 3.25. The minimum Gasteiger partial charge on any atom is -0.310 e. The molecule has 0 amide bonds. The molecule has 0 saturated carbocycles. The van der Waals surface area contributed by atoms with E-state index in [1.165, 1.54) is 11.3 Å². The molecular formula is C13H20ClNS. The van der Waals surface area contributed by atoms with Crippen molar-refractivity contribution < 1.29 is 0 Å². The monoisotopic (exact) mass is 257 g/mol. The van der Waals surface area contributed by atoms with Gasteiger partial charge < -0.3 is 5.32 Å². The molecule has 1 atom stereocenters. The number of rotatable bonds is 7. The molecular weight excluding hydrogens is 238 g/mol. The molecule has 0 aromatic heterocycles. The normalized spacial score (nSPS) is 12.7. The highest BCUT2D eigenvalue weighted by atomic mass is 35.5. The van der Waals surface area contributed by atoms with Gasteiger partial charge in [0.1, 0.15) is 0 Å². The van der Waals surface area contributed by atoms with E-state index in [0.29, 0.717) is 6.04 Å². The fourth-order valence-electron chi connectivity index (χ4n) is 1.66. The topological polar surface area (TPSA) is 12.0 Å². The van der Waals surface area contributed by atoms with E-state index in [0.717, 1.165) is 24.4 Å². The molecule has 16 heavy (non-hydrogen) atoms. The summed E-state index contributed by atoms with van der Waals surface area (Å²) < 4.78 is 0. The Kier molecular flexibility index (Phi) is 6.93. The summed E-state index contributed by atoms with van der Waals surface area (Å²) in [4.78, 5) is 0. The summed E-state index contributed by atoms with van der Waals surface area (Å²) in [5.41, 5.74) is 1.30. The summed E-state index contributed by atoms with van der Waals surface area (Å²) in [6.07, 6.45) is 4.46. The molecule has 1 N–H and O–H groups in total. The van der Waals surface area contributed by atoms with Crippen LogP contribution in [0.4, 0.5) is 0 Å². The van der Waals surface area contributed by atoms with Gasteiger partial charge in [0.25, 0.3) is 0 Å². The zero-order valence-electron chi connectivity index (χ0n) is 10.0. The highest BCUT2D eigenvalue weighted by molar-refractivity contribution is 7.98. The Hall–Kier alpha value is -0.180. The molecule has 1 aromatic rings. The number of hydrogen-bond acceptors (Lipinski definition) is 2. The first-order valence-electron chi connectivity index (χ1n) is 5.75. The molecule has 1 aromatic carbocycles. The second-order valence-electron chi connectivity index (χ2n) is 3.84. The van der Waals surface area contributed by atoms with Crippen LogP contribution in [0.15, 0.2) is 24.3 Å². The van der Waals surface area contributed by atoms with E-state index >= 15 is 0 Å². The second kappa shape index (κ2) is 7.99. The van der Waals surface area contributed by atoms with Crippen molar-refractivity contribution in [2.24, 2.45) is 0 Å². The van der Waals surface area contributed by atoms with Gasteiger partial charge in [-0.15, -0.1) is 0 Å². The Labute approximate surface area is 108 Å². The van der Waals surface area contributed by atoms with Gasteiger partial charge in [-0.05, 0) is 49.1 Å². The summed E-state index contributed by atoms with van der Waals surface area (Å²) in [7, 11) is 0. The summed E-state index contributed by atoms with van der Waals surface area (Å²) in [5, 5.41) is 4.40. The molecule has 0 spiro atoms. The van der Waals surface area contributed by atoms with E-state index in [-0.39, 0.29) is 0 Å². The van der Waals surface area contributed by atoms with Gasteiger partial charge in [-0.25, -0.2) is 0 Å². The van der Waals surface area contributed by atoms with Crippen LogP contribution in [-0.2, 0) is 0 Å². The average molecular weight is 258 g/mol. The lowest BCUT2D eigenvalue weighted by atomic mass is 10.0. The third kappa shape index (κ3) is 4.77. The van der Waals surface area contributed by atoms with Crippen molar-refractivity contribution in [1.82, 2.24) is 5.32 Å². The van der Waals surface area contributed by atoms with E-state index < -0.39 is 0 Å². The number of benzene rings is 1. The molecule has 0 bridgehead atoms. The first kappa shape index (κ1) is 13.9. The fourth-order valence-corrected chi connectivity index (χ4v) is 2.33. The number of hydrogen-bond donors (Lipinski definition) is 1. The van der Waals surface area contributed by atoms with E-state index in [9.17, 15) is 0 Å². The van der Waals surface area contributed by atoms with Crippen LogP contribution in [0, 0.1) is 0 Å². The minimum absolute atomic E-state index is 0.436. The number of thioether (sulfide) groups is 1. The Morgan fingerprint density at radius 3 is 2.88 bits per heavy atom. The average Bonchev–Trinajstić information content (AvgIpc) is 2.29. The van der Waals surface area contributed by atoms with Gasteiger partial charge >= 0.3 is 0 Å². The van der Waals surface area contributed by atoms with Crippen molar-refractivity contribution in [3.8, 4) is 0 Å². The van der Waals surface area contributed by atoms with Crippen LogP contribution in [0.25, 0.3) is 0 Å². The van der Waals surface area contributed by atoms with E-state index in [1.54, 1.807) is 0 Å². The minimum atomic E-state index is 0.436. The summed E-state index contributed by atoms with van der Waals surface area (Å²) in [5.74, 6) is 1.17. The van der Waals surface area contributed by atoms with Crippen molar-refractivity contribution in [3.05, 3.63) is 34.9 Å². The predicted molar refractivity (Wildman–Crippen MR) is 75.5 cm³/mol. The van der Waals surface area contributed by atoms with Crippen LogP contribution in [0.3, 0.4) is 0 Å². The van der Waals surface area contributed by atoms with Crippen molar-refractivity contribution in [2.45, 2.75) is 25.8 Å². The smallest absolute Gasteiger partial charge is 0.0409 e. The first-order chi connectivity index (χ1) is 7.77. The molecule has 1 unspecified atom stereocenters. The summed E-state index contributed by atoms with van der Waals surface area (Å²) >= 11 is 7.91. The van der Waals surface area contributed by atoms with Gasteiger partial charge in [-0.3, -0.25) is 0 Å². The van der Waals surface area contributed by atoms with Gasteiger partial charge in [-0.1, -0.05) is 30.7 Å². The Balaban J connectivity index is 2.66. The molecule has 0 aliphatic heterocycles. The maximum atomic E-state index is 6.02. The highest BCUT2D eigenvalue weighted by Gasteiger charge is 2.10. The molecule has 90 valence electrons. The second-order valence-corrected chi connectivity index (χ2v) is 5.27. The zero-order chi connectivity index (χ0) is 11.8. The van der Waals surface area contributed by atoms with Crippen LogP contribution in [0.1, 0.15) is 31.4 Å². The standard InChI is InChI=1S/C13H20ClNS/c1-3-8-15-13(7-9-16-2)11-5-4-6-12(14)10-11/h4-6,10,13,15H,3,7-9H2,1-2H3. The lowest BCUT2D eigenvalue weighted by Crippen LogP contribution is -2.22. The Bertz CT molecular complexity index is 296. The maximum absolute atomic E-state index is 6.02. The highest BCUT2D eigenvalue weighted by Crippen LogP contribution is 2.21. The predicted octanol–water partition coefficient (Wildman–Crippen LogP) is 4.13. The van der Waals surface area contributed by atoms with Gasteiger partial charge in [0.05, 0.1) is 0 Å². The van der Waals surface area contributed by atoms with Crippen LogP contribution >= 0.6 is 23.4 Å². The molecule has 3 heteroatoms. The zero-order valence-corrected chi connectivity index (χ0v) is 11.6. The largest absolute Gasteiger partial charge is 0.310 e. The summed E-state index contributed by atoms with van der Waals surface area (Å²) in [6, 6.07) is 8.61. The molecule has 1 rings (SSSR count). The maximum Gasteiger partial charge on any atom is 0.0409 e. The van der Waals surface area contributed by atoms with Crippen LogP contribution in [0.5, 0.6) is 0 Å². The quantitative estimate of drug-likeness (QED) is 0.788. The van der Waals surface area contributed by atoms with Crippen molar-refractivity contribution in [2.75, 3.05) is 18.6 Å². The van der Waals surface area contributed by atoms with Gasteiger partial charge in [0, 0.05) is 11.1 Å². The molecule has 0 radical (unpaired) electrons. The van der Waals surface area contributed by atoms with Gasteiger partial charge in [0.2, 0.25) is 0 Å². The van der Waals surface area contributed by atoms with E-state index in [1.807, 2.05) is 23.9 Å². The number of halogens is 1. The first-order valence-corrected chi connectivity index (χ1v) is 7.53. The Morgan fingerprint density at radius 2 is 2.25 bits per heavy atom. The van der Waals surface area contributed by atoms with Crippen molar-refractivity contribution in [3.63, 3.8) is 0 Å².